The number of hydrogen-bond acceptors (Lipinski definition) is 4. The van der Waals surface area contributed by atoms with Crippen molar-refractivity contribution in [3.05, 3.63) is 71.4 Å². The highest BCUT2D eigenvalue weighted by atomic mass is 32.1. The summed E-state index contributed by atoms with van der Waals surface area (Å²) >= 11 is 1.49. The van der Waals surface area contributed by atoms with Gasteiger partial charge in [-0.15, -0.1) is 11.3 Å². The van der Waals surface area contributed by atoms with Crippen LogP contribution in [0.3, 0.4) is 0 Å². The molecule has 0 saturated heterocycles. The van der Waals surface area contributed by atoms with Gasteiger partial charge in [-0.1, -0.05) is 12.1 Å². The molecule has 3 rings (SSSR count). The SMILES string of the molecule is CCOc1cccc(CCNC(=O)c2ccc(-c3ccncc3)s2)c1. The van der Waals surface area contributed by atoms with Crippen LogP contribution in [0.1, 0.15) is 22.2 Å². The second-order valence-electron chi connectivity index (χ2n) is 5.49. The van der Waals surface area contributed by atoms with Crippen molar-refractivity contribution in [2.75, 3.05) is 13.2 Å². The third-order valence-electron chi connectivity index (χ3n) is 3.70. The van der Waals surface area contributed by atoms with E-state index in [-0.39, 0.29) is 5.91 Å². The first kappa shape index (κ1) is 17.2. The molecule has 0 aliphatic rings. The zero-order chi connectivity index (χ0) is 17.5. The summed E-state index contributed by atoms with van der Waals surface area (Å²) in [5.74, 6) is 0.831. The Bertz CT molecular complexity index is 830. The van der Waals surface area contributed by atoms with Crippen molar-refractivity contribution < 1.29 is 9.53 Å². The number of nitrogens with zero attached hydrogens (tertiary/aromatic N) is 1. The molecule has 0 unspecified atom stereocenters. The average molecular weight is 352 g/mol. The van der Waals surface area contributed by atoms with Gasteiger partial charge in [-0.25, -0.2) is 0 Å². The first-order valence-corrected chi connectivity index (χ1v) is 9.08. The predicted molar refractivity (Wildman–Crippen MR) is 101 cm³/mol. The molecular formula is C20H20N2O2S. The number of amides is 1. The molecule has 0 bridgehead atoms. The smallest absolute Gasteiger partial charge is 0.261 e. The number of rotatable bonds is 7. The first-order chi connectivity index (χ1) is 12.3. The highest BCUT2D eigenvalue weighted by Gasteiger charge is 2.10. The zero-order valence-electron chi connectivity index (χ0n) is 14.1. The van der Waals surface area contributed by atoms with Crippen LogP contribution in [0.2, 0.25) is 0 Å². The molecule has 0 atom stereocenters. The number of benzene rings is 1. The maximum absolute atomic E-state index is 12.3. The van der Waals surface area contributed by atoms with Gasteiger partial charge in [0.1, 0.15) is 5.75 Å². The molecule has 2 heterocycles. The number of hydrogen-bond donors (Lipinski definition) is 1. The van der Waals surface area contributed by atoms with Crippen LogP contribution in [0.25, 0.3) is 10.4 Å². The molecule has 0 spiro atoms. The summed E-state index contributed by atoms with van der Waals surface area (Å²) < 4.78 is 5.50. The standard InChI is InChI=1S/C20H20N2O2S/c1-2-24-17-5-3-4-15(14-17)8-13-22-20(23)19-7-6-18(25-19)16-9-11-21-12-10-16/h3-7,9-12,14H,2,8,13H2,1H3,(H,22,23). The summed E-state index contributed by atoms with van der Waals surface area (Å²) in [5.41, 5.74) is 2.22. The number of nitrogens with one attached hydrogen (secondary N) is 1. The van der Waals surface area contributed by atoms with E-state index in [2.05, 4.69) is 10.3 Å². The van der Waals surface area contributed by atoms with E-state index in [9.17, 15) is 4.79 Å². The van der Waals surface area contributed by atoms with Gasteiger partial charge in [0, 0.05) is 23.8 Å². The van der Waals surface area contributed by atoms with Crippen LogP contribution in [0.15, 0.2) is 60.9 Å². The van der Waals surface area contributed by atoms with Crippen LogP contribution in [-0.4, -0.2) is 24.0 Å². The van der Waals surface area contributed by atoms with E-state index < -0.39 is 0 Å². The Morgan fingerprint density at radius 1 is 1.16 bits per heavy atom. The lowest BCUT2D eigenvalue weighted by Crippen LogP contribution is -2.24. The van der Waals surface area contributed by atoms with Crippen molar-refractivity contribution in [1.29, 1.82) is 0 Å². The molecule has 0 aliphatic carbocycles. The number of aromatic nitrogens is 1. The van der Waals surface area contributed by atoms with E-state index in [1.807, 2.05) is 55.5 Å². The van der Waals surface area contributed by atoms with Gasteiger partial charge in [-0.3, -0.25) is 9.78 Å². The van der Waals surface area contributed by atoms with Crippen molar-refractivity contribution >= 4 is 17.2 Å². The van der Waals surface area contributed by atoms with Gasteiger partial charge >= 0.3 is 0 Å². The fraction of sp³-hybridized carbons (Fsp3) is 0.200. The molecule has 5 heteroatoms. The monoisotopic (exact) mass is 352 g/mol. The van der Waals surface area contributed by atoms with Crippen molar-refractivity contribution in [2.24, 2.45) is 0 Å². The van der Waals surface area contributed by atoms with Crippen LogP contribution in [0.4, 0.5) is 0 Å². The normalized spacial score (nSPS) is 10.4. The van der Waals surface area contributed by atoms with Crippen LogP contribution in [-0.2, 0) is 6.42 Å². The number of ether oxygens (including phenoxy) is 1. The maximum atomic E-state index is 12.3. The topological polar surface area (TPSA) is 51.2 Å². The summed E-state index contributed by atoms with van der Waals surface area (Å²) in [6.07, 6.45) is 4.28. The minimum atomic E-state index is -0.0359. The Hall–Kier alpha value is -2.66. The summed E-state index contributed by atoms with van der Waals surface area (Å²) in [6.45, 7) is 3.21. The Morgan fingerprint density at radius 2 is 2.00 bits per heavy atom. The predicted octanol–water partition coefficient (Wildman–Crippen LogP) is 4.18. The Morgan fingerprint density at radius 3 is 2.80 bits per heavy atom. The molecule has 25 heavy (non-hydrogen) atoms. The van der Waals surface area contributed by atoms with Crippen molar-refractivity contribution in [2.45, 2.75) is 13.3 Å². The summed E-state index contributed by atoms with van der Waals surface area (Å²) in [6, 6.07) is 15.7. The van der Waals surface area contributed by atoms with Crippen molar-refractivity contribution in [1.82, 2.24) is 10.3 Å². The molecule has 0 saturated carbocycles. The second kappa shape index (κ2) is 8.44. The lowest BCUT2D eigenvalue weighted by atomic mass is 10.1. The van der Waals surface area contributed by atoms with Gasteiger partial charge in [0.15, 0.2) is 0 Å². The molecule has 1 amide bonds. The fourth-order valence-corrected chi connectivity index (χ4v) is 3.42. The van der Waals surface area contributed by atoms with Gasteiger partial charge in [-0.05, 0) is 60.9 Å². The van der Waals surface area contributed by atoms with E-state index in [0.717, 1.165) is 33.1 Å². The average Bonchev–Trinajstić information content (AvgIpc) is 3.13. The molecule has 3 aromatic rings. The van der Waals surface area contributed by atoms with Crippen molar-refractivity contribution in [3.8, 4) is 16.2 Å². The van der Waals surface area contributed by atoms with Gasteiger partial charge < -0.3 is 10.1 Å². The van der Waals surface area contributed by atoms with Crippen molar-refractivity contribution in [3.63, 3.8) is 0 Å². The Labute approximate surface area is 151 Å². The minimum Gasteiger partial charge on any atom is -0.494 e. The van der Waals surface area contributed by atoms with Gasteiger partial charge in [0.2, 0.25) is 0 Å². The van der Waals surface area contributed by atoms with Gasteiger partial charge in [0.25, 0.3) is 5.91 Å². The molecule has 0 aliphatic heterocycles. The third kappa shape index (κ3) is 4.67. The Balaban J connectivity index is 1.55. The summed E-state index contributed by atoms with van der Waals surface area (Å²) in [7, 11) is 0. The molecule has 128 valence electrons. The number of thiophene rings is 1. The van der Waals surface area contributed by atoms with Gasteiger partial charge in [-0.2, -0.15) is 0 Å². The maximum Gasteiger partial charge on any atom is 0.261 e. The zero-order valence-corrected chi connectivity index (χ0v) is 14.9. The fourth-order valence-electron chi connectivity index (χ4n) is 2.50. The molecular weight excluding hydrogens is 332 g/mol. The van der Waals surface area contributed by atoms with Gasteiger partial charge in [0.05, 0.1) is 11.5 Å². The molecule has 0 fully saturated rings. The third-order valence-corrected chi connectivity index (χ3v) is 4.84. The highest BCUT2D eigenvalue weighted by Crippen LogP contribution is 2.27. The van der Waals surface area contributed by atoms with Crippen LogP contribution >= 0.6 is 11.3 Å². The lowest BCUT2D eigenvalue weighted by Gasteiger charge is -2.07. The number of pyridine rings is 1. The lowest BCUT2D eigenvalue weighted by molar-refractivity contribution is 0.0958. The Kier molecular flexibility index (Phi) is 5.80. The molecule has 2 aromatic heterocycles. The minimum absolute atomic E-state index is 0.0359. The van der Waals surface area contributed by atoms with Crippen LogP contribution in [0.5, 0.6) is 5.75 Å². The second-order valence-corrected chi connectivity index (χ2v) is 6.57. The highest BCUT2D eigenvalue weighted by molar-refractivity contribution is 7.17. The van der Waals surface area contributed by atoms with Crippen LogP contribution in [0, 0.1) is 0 Å². The van der Waals surface area contributed by atoms with E-state index in [1.54, 1.807) is 12.4 Å². The number of carbonyl (C=O) groups excluding carboxylic acids is 1. The largest absolute Gasteiger partial charge is 0.494 e. The molecule has 0 radical (unpaired) electrons. The summed E-state index contributed by atoms with van der Waals surface area (Å²) in [4.78, 5) is 18.1. The van der Waals surface area contributed by atoms with E-state index in [4.69, 9.17) is 4.74 Å². The summed E-state index contributed by atoms with van der Waals surface area (Å²) in [5, 5.41) is 2.98. The number of carbonyl (C=O) groups is 1. The first-order valence-electron chi connectivity index (χ1n) is 8.26. The van der Waals surface area contributed by atoms with E-state index >= 15 is 0 Å². The van der Waals surface area contributed by atoms with Crippen LogP contribution < -0.4 is 10.1 Å². The molecule has 1 aromatic carbocycles. The quantitative estimate of drug-likeness (QED) is 0.694. The van der Waals surface area contributed by atoms with E-state index in [1.165, 1.54) is 11.3 Å². The molecule has 4 nitrogen and oxygen atoms in total. The molecule has 1 N–H and O–H groups in total. The van der Waals surface area contributed by atoms with E-state index in [0.29, 0.717) is 13.2 Å².